The first-order chi connectivity index (χ1) is 8.79. The Morgan fingerprint density at radius 1 is 1.00 bits per heavy atom. The van der Waals surface area contributed by atoms with Crippen LogP contribution in [0.3, 0.4) is 0 Å². The van der Waals surface area contributed by atoms with E-state index in [-0.39, 0.29) is 0 Å². The maximum atomic E-state index is 4.27. The zero-order valence-electron chi connectivity index (χ0n) is 10.7. The molecule has 0 heterocycles. The first-order valence-electron chi connectivity index (χ1n) is 6.11. The number of benzene rings is 2. The van der Waals surface area contributed by atoms with Crippen LogP contribution in [-0.2, 0) is 0 Å². The predicted molar refractivity (Wildman–Crippen MR) is 76.0 cm³/mol. The molecule has 3 heteroatoms. The minimum Gasteiger partial charge on any atom is -0.385 e. The molecule has 18 heavy (non-hydrogen) atoms. The SMILES string of the molecule is CCNc1ccc(N=Nc2ccccc2)c(C)c1. The highest BCUT2D eigenvalue weighted by Gasteiger charge is 1.98. The number of azo groups is 1. The fourth-order valence-corrected chi connectivity index (χ4v) is 1.69. The van der Waals surface area contributed by atoms with Crippen molar-refractivity contribution in [3.05, 3.63) is 54.1 Å². The summed E-state index contributed by atoms with van der Waals surface area (Å²) >= 11 is 0. The van der Waals surface area contributed by atoms with Gasteiger partial charge in [-0.15, -0.1) is 0 Å². The zero-order chi connectivity index (χ0) is 12.8. The normalized spacial score (nSPS) is 10.8. The highest BCUT2D eigenvalue weighted by molar-refractivity contribution is 5.56. The van der Waals surface area contributed by atoms with Gasteiger partial charge in [0.2, 0.25) is 0 Å². The summed E-state index contributed by atoms with van der Waals surface area (Å²) in [5.41, 5.74) is 4.01. The van der Waals surface area contributed by atoms with Crippen LogP contribution in [0.5, 0.6) is 0 Å². The number of aryl methyl sites for hydroxylation is 1. The van der Waals surface area contributed by atoms with Gasteiger partial charge in [0.15, 0.2) is 0 Å². The lowest BCUT2D eigenvalue weighted by atomic mass is 10.2. The third-order valence-corrected chi connectivity index (χ3v) is 2.61. The van der Waals surface area contributed by atoms with E-state index in [4.69, 9.17) is 0 Å². The summed E-state index contributed by atoms with van der Waals surface area (Å²) in [6, 6.07) is 15.8. The van der Waals surface area contributed by atoms with Crippen molar-refractivity contribution in [2.75, 3.05) is 11.9 Å². The van der Waals surface area contributed by atoms with E-state index in [0.717, 1.165) is 29.2 Å². The summed E-state index contributed by atoms with van der Waals surface area (Å²) in [5.74, 6) is 0. The zero-order valence-corrected chi connectivity index (χ0v) is 10.7. The molecule has 0 aromatic heterocycles. The minimum absolute atomic E-state index is 0.868. The van der Waals surface area contributed by atoms with E-state index in [1.807, 2.05) is 49.4 Å². The van der Waals surface area contributed by atoms with E-state index < -0.39 is 0 Å². The van der Waals surface area contributed by atoms with Crippen LogP contribution in [0.4, 0.5) is 17.1 Å². The van der Waals surface area contributed by atoms with E-state index in [9.17, 15) is 0 Å². The number of rotatable bonds is 4. The van der Waals surface area contributed by atoms with E-state index in [1.165, 1.54) is 0 Å². The molecule has 0 bridgehead atoms. The number of nitrogens with one attached hydrogen (secondary N) is 1. The lowest BCUT2D eigenvalue weighted by Gasteiger charge is -2.05. The predicted octanol–water partition coefficient (Wildman–Crippen LogP) is 4.84. The van der Waals surface area contributed by atoms with Gasteiger partial charge in [-0.3, -0.25) is 0 Å². The second-order valence-corrected chi connectivity index (χ2v) is 4.07. The minimum atomic E-state index is 0.868. The Kier molecular flexibility index (Phi) is 4.07. The lowest BCUT2D eigenvalue weighted by molar-refractivity contribution is 1.19. The van der Waals surface area contributed by atoms with E-state index >= 15 is 0 Å². The van der Waals surface area contributed by atoms with Crippen molar-refractivity contribution >= 4 is 17.1 Å². The van der Waals surface area contributed by atoms with Gasteiger partial charge in [-0.1, -0.05) is 18.2 Å². The van der Waals surface area contributed by atoms with E-state index in [2.05, 4.69) is 28.5 Å². The number of hydrogen-bond donors (Lipinski definition) is 1. The molecular weight excluding hydrogens is 222 g/mol. The van der Waals surface area contributed by atoms with E-state index in [1.54, 1.807) is 0 Å². The van der Waals surface area contributed by atoms with Gasteiger partial charge in [0.25, 0.3) is 0 Å². The Balaban J connectivity index is 2.17. The number of anilines is 1. The summed E-state index contributed by atoms with van der Waals surface area (Å²) < 4.78 is 0. The van der Waals surface area contributed by atoms with Crippen LogP contribution < -0.4 is 5.32 Å². The molecule has 0 amide bonds. The van der Waals surface area contributed by atoms with Crippen LogP contribution in [-0.4, -0.2) is 6.54 Å². The van der Waals surface area contributed by atoms with Gasteiger partial charge in [0.1, 0.15) is 0 Å². The summed E-state index contributed by atoms with van der Waals surface area (Å²) in [4.78, 5) is 0. The van der Waals surface area contributed by atoms with Crippen molar-refractivity contribution in [1.82, 2.24) is 0 Å². The molecule has 0 aliphatic carbocycles. The summed E-state index contributed by atoms with van der Waals surface area (Å²) in [5, 5.41) is 11.8. The first kappa shape index (κ1) is 12.3. The van der Waals surface area contributed by atoms with Gasteiger partial charge in [0, 0.05) is 12.2 Å². The van der Waals surface area contributed by atoms with Crippen molar-refractivity contribution in [3.63, 3.8) is 0 Å². The van der Waals surface area contributed by atoms with Crippen LogP contribution in [0.15, 0.2) is 58.8 Å². The fraction of sp³-hybridized carbons (Fsp3) is 0.200. The van der Waals surface area contributed by atoms with Crippen molar-refractivity contribution in [2.45, 2.75) is 13.8 Å². The highest BCUT2D eigenvalue weighted by atomic mass is 15.1. The van der Waals surface area contributed by atoms with Gasteiger partial charge in [0.05, 0.1) is 11.4 Å². The molecule has 0 atom stereocenters. The molecule has 0 aliphatic rings. The summed E-state index contributed by atoms with van der Waals surface area (Å²) in [7, 11) is 0. The molecule has 0 unspecified atom stereocenters. The van der Waals surface area contributed by atoms with Gasteiger partial charge < -0.3 is 5.32 Å². The Hall–Kier alpha value is -2.16. The molecule has 0 saturated carbocycles. The Morgan fingerprint density at radius 2 is 1.78 bits per heavy atom. The highest BCUT2D eigenvalue weighted by Crippen LogP contribution is 2.24. The molecule has 0 fully saturated rings. The molecule has 2 rings (SSSR count). The standard InChI is InChI=1S/C15H17N3/c1-3-16-14-9-10-15(12(2)11-14)18-17-13-7-5-4-6-8-13/h4-11,16H,3H2,1-2H3. The largest absolute Gasteiger partial charge is 0.385 e. The molecule has 0 radical (unpaired) electrons. The van der Waals surface area contributed by atoms with Crippen molar-refractivity contribution in [1.29, 1.82) is 0 Å². The van der Waals surface area contributed by atoms with Gasteiger partial charge >= 0.3 is 0 Å². The van der Waals surface area contributed by atoms with Crippen LogP contribution in [0.1, 0.15) is 12.5 Å². The number of hydrogen-bond acceptors (Lipinski definition) is 3. The molecule has 2 aromatic carbocycles. The average Bonchev–Trinajstić information content (AvgIpc) is 2.39. The average molecular weight is 239 g/mol. The smallest absolute Gasteiger partial charge is 0.0887 e. The maximum Gasteiger partial charge on any atom is 0.0887 e. The fourth-order valence-electron chi connectivity index (χ4n) is 1.69. The second kappa shape index (κ2) is 5.96. The van der Waals surface area contributed by atoms with Gasteiger partial charge in [-0.25, -0.2) is 0 Å². The van der Waals surface area contributed by atoms with Crippen LogP contribution in [0, 0.1) is 6.92 Å². The van der Waals surface area contributed by atoms with Crippen molar-refractivity contribution < 1.29 is 0 Å². The van der Waals surface area contributed by atoms with E-state index in [0.29, 0.717) is 0 Å². The molecule has 1 N–H and O–H groups in total. The maximum absolute atomic E-state index is 4.27. The van der Waals surface area contributed by atoms with Crippen LogP contribution in [0.2, 0.25) is 0 Å². The third kappa shape index (κ3) is 3.17. The Morgan fingerprint density at radius 3 is 2.44 bits per heavy atom. The molecule has 92 valence electrons. The van der Waals surface area contributed by atoms with Crippen LogP contribution >= 0.6 is 0 Å². The third-order valence-electron chi connectivity index (χ3n) is 2.61. The topological polar surface area (TPSA) is 36.8 Å². The molecule has 0 aliphatic heterocycles. The van der Waals surface area contributed by atoms with Crippen LogP contribution in [0.25, 0.3) is 0 Å². The lowest BCUT2D eigenvalue weighted by Crippen LogP contribution is -1.95. The molecule has 0 spiro atoms. The Bertz CT molecular complexity index is 533. The molecule has 2 aromatic rings. The summed E-state index contributed by atoms with van der Waals surface area (Å²) in [6.07, 6.45) is 0. The molecular formula is C15H17N3. The van der Waals surface area contributed by atoms with Gasteiger partial charge in [-0.2, -0.15) is 10.2 Å². The monoisotopic (exact) mass is 239 g/mol. The molecule has 0 saturated heterocycles. The first-order valence-corrected chi connectivity index (χ1v) is 6.11. The van der Waals surface area contributed by atoms with Crippen molar-refractivity contribution in [2.24, 2.45) is 10.2 Å². The summed E-state index contributed by atoms with van der Waals surface area (Å²) in [6.45, 7) is 5.04. The quantitative estimate of drug-likeness (QED) is 0.761. The Labute approximate surface area is 108 Å². The second-order valence-electron chi connectivity index (χ2n) is 4.07. The van der Waals surface area contributed by atoms with Gasteiger partial charge in [-0.05, 0) is 49.7 Å². The number of nitrogens with zero attached hydrogens (tertiary/aromatic N) is 2. The molecule has 3 nitrogen and oxygen atoms in total. The van der Waals surface area contributed by atoms with Crippen molar-refractivity contribution in [3.8, 4) is 0 Å².